The van der Waals surface area contributed by atoms with Gasteiger partial charge < -0.3 is 15.1 Å². The van der Waals surface area contributed by atoms with Crippen LogP contribution in [0, 0.1) is 0 Å². The molecule has 1 amide bonds. The quantitative estimate of drug-likeness (QED) is 0.357. The Hall–Kier alpha value is -4.02. The summed E-state index contributed by atoms with van der Waals surface area (Å²) >= 11 is 1.97. The van der Waals surface area contributed by atoms with E-state index in [9.17, 15) is 14.4 Å². The maximum atomic E-state index is 14.1. The molecule has 2 aromatic heterocycles. The normalized spacial score (nSPS) is 20.1. The summed E-state index contributed by atoms with van der Waals surface area (Å²) in [5, 5.41) is 4.21. The van der Waals surface area contributed by atoms with Crippen molar-refractivity contribution in [2.45, 2.75) is 37.0 Å². The Balaban J connectivity index is 1.44. The van der Waals surface area contributed by atoms with E-state index in [1.54, 1.807) is 20.3 Å². The molecule has 9 nitrogen and oxygen atoms in total. The van der Waals surface area contributed by atoms with Crippen molar-refractivity contribution in [3.8, 4) is 0 Å². The number of nitrogens with one attached hydrogen (secondary N) is 1. The number of hydrogen-bond acceptors (Lipinski definition) is 8. The molecule has 0 radical (unpaired) electrons. The molecule has 43 heavy (non-hydrogen) atoms. The van der Waals surface area contributed by atoms with Gasteiger partial charge in [-0.3, -0.25) is 19.0 Å². The van der Waals surface area contributed by atoms with Gasteiger partial charge in [-0.25, -0.2) is 4.98 Å². The lowest BCUT2D eigenvalue weighted by molar-refractivity contribution is -0.124. The summed E-state index contributed by atoms with van der Waals surface area (Å²) in [7, 11) is 5.35. The number of carbonyl (C=O) groups excluding carboxylic acids is 2. The van der Waals surface area contributed by atoms with Crippen molar-refractivity contribution >= 4 is 46.1 Å². The molecule has 10 heteroatoms. The van der Waals surface area contributed by atoms with Gasteiger partial charge in [0.05, 0.1) is 0 Å². The average molecular weight is 597 g/mol. The SMILES string of the molecule is CN1CCSC(c2ccc(Nc3ncc4cc(C(=O)N(C)C)c(=O)n(C5C(=O)Cc6ccccc6C5(C)C)c4n3)cc2)C1. The van der Waals surface area contributed by atoms with Crippen LogP contribution in [0.5, 0.6) is 0 Å². The minimum Gasteiger partial charge on any atom is -0.345 e. The van der Waals surface area contributed by atoms with Crippen LogP contribution >= 0.6 is 11.8 Å². The number of fused-ring (bicyclic) bond motifs is 2. The first-order valence-corrected chi connectivity index (χ1v) is 15.5. The second-order valence-corrected chi connectivity index (χ2v) is 13.5. The van der Waals surface area contributed by atoms with Crippen LogP contribution in [0.25, 0.3) is 11.0 Å². The van der Waals surface area contributed by atoms with E-state index in [-0.39, 0.29) is 17.8 Å². The summed E-state index contributed by atoms with van der Waals surface area (Å²) in [6.45, 7) is 6.06. The number of likely N-dealkylation sites (N-methyl/N-ethyl adjacent to an activating group) is 1. The van der Waals surface area contributed by atoms with Crippen molar-refractivity contribution in [3.05, 3.63) is 93.4 Å². The molecule has 4 aromatic rings. The number of rotatable bonds is 5. The monoisotopic (exact) mass is 596 g/mol. The van der Waals surface area contributed by atoms with Crippen molar-refractivity contribution in [2.24, 2.45) is 0 Å². The predicted octanol–water partition coefficient (Wildman–Crippen LogP) is 4.60. The van der Waals surface area contributed by atoms with Gasteiger partial charge in [0.1, 0.15) is 17.3 Å². The van der Waals surface area contributed by atoms with E-state index < -0.39 is 22.9 Å². The maximum absolute atomic E-state index is 14.1. The van der Waals surface area contributed by atoms with Gasteiger partial charge >= 0.3 is 0 Å². The molecule has 0 bridgehead atoms. The van der Waals surface area contributed by atoms with E-state index >= 15 is 0 Å². The Kier molecular flexibility index (Phi) is 7.60. The van der Waals surface area contributed by atoms with Crippen molar-refractivity contribution in [1.82, 2.24) is 24.3 Å². The summed E-state index contributed by atoms with van der Waals surface area (Å²) < 4.78 is 1.43. The predicted molar refractivity (Wildman–Crippen MR) is 171 cm³/mol. The number of benzene rings is 2. The Labute approximate surface area is 255 Å². The smallest absolute Gasteiger partial charge is 0.265 e. The van der Waals surface area contributed by atoms with Crippen LogP contribution in [-0.4, -0.2) is 76.0 Å². The number of hydrogen-bond donors (Lipinski definition) is 1. The molecule has 222 valence electrons. The highest BCUT2D eigenvalue weighted by molar-refractivity contribution is 7.99. The van der Waals surface area contributed by atoms with Crippen LogP contribution in [0.2, 0.25) is 0 Å². The van der Waals surface area contributed by atoms with Gasteiger partial charge in [0.25, 0.3) is 11.5 Å². The van der Waals surface area contributed by atoms with Crippen LogP contribution < -0.4 is 10.9 Å². The zero-order chi connectivity index (χ0) is 30.5. The third-order valence-electron chi connectivity index (χ3n) is 8.54. The molecule has 0 spiro atoms. The Morgan fingerprint density at radius 1 is 1.09 bits per heavy atom. The molecule has 1 aliphatic heterocycles. The maximum Gasteiger partial charge on any atom is 0.265 e. The Bertz CT molecular complexity index is 1780. The lowest BCUT2D eigenvalue weighted by Gasteiger charge is -2.40. The molecule has 6 rings (SSSR count). The molecule has 2 atom stereocenters. The highest BCUT2D eigenvalue weighted by atomic mass is 32.2. The Morgan fingerprint density at radius 2 is 1.84 bits per heavy atom. The standard InChI is InChI=1S/C33H36N6O3S/c1-33(2)25-9-7-6-8-21(25)17-26(40)28(33)39-29-22(16-24(31(39)42)30(41)37(3)4)18-34-32(36-29)35-23-12-10-20(11-13-23)27-19-38(5)14-15-43-27/h6-13,16,18,27-28H,14-15,17,19H2,1-5H3,(H,34,35,36). The van der Waals surface area contributed by atoms with Crippen molar-refractivity contribution in [1.29, 1.82) is 0 Å². The second-order valence-electron chi connectivity index (χ2n) is 12.2. The van der Waals surface area contributed by atoms with Crippen LogP contribution in [0.15, 0.2) is 65.6 Å². The van der Waals surface area contributed by atoms with Gasteiger partial charge in [0.2, 0.25) is 5.95 Å². The molecular formula is C33H36N6O3S. The van der Waals surface area contributed by atoms with E-state index in [2.05, 4.69) is 34.4 Å². The molecule has 1 aliphatic carbocycles. The number of anilines is 2. The van der Waals surface area contributed by atoms with Gasteiger partial charge in [0, 0.05) is 67.3 Å². The summed E-state index contributed by atoms with van der Waals surface area (Å²) in [6, 6.07) is 16.8. The van der Waals surface area contributed by atoms with E-state index in [0.29, 0.717) is 22.2 Å². The number of pyridine rings is 1. The van der Waals surface area contributed by atoms with Crippen LogP contribution in [0.3, 0.4) is 0 Å². The number of carbonyl (C=O) groups is 2. The van der Waals surface area contributed by atoms with E-state index in [1.807, 2.05) is 62.0 Å². The fourth-order valence-corrected chi connectivity index (χ4v) is 7.72. The molecule has 0 saturated carbocycles. The van der Waals surface area contributed by atoms with E-state index in [0.717, 1.165) is 35.7 Å². The molecule has 1 N–H and O–H groups in total. The first kappa shape index (κ1) is 29.1. The molecule has 1 fully saturated rings. The lowest BCUT2D eigenvalue weighted by Crippen LogP contribution is -2.47. The third-order valence-corrected chi connectivity index (χ3v) is 9.78. The molecule has 2 unspecified atom stereocenters. The molecule has 1 saturated heterocycles. The van der Waals surface area contributed by atoms with Gasteiger partial charge in [0.15, 0.2) is 5.78 Å². The summed E-state index contributed by atoms with van der Waals surface area (Å²) in [4.78, 5) is 54.1. The zero-order valence-electron chi connectivity index (χ0n) is 25.1. The molecule has 2 aromatic carbocycles. The third kappa shape index (κ3) is 5.34. The topological polar surface area (TPSA) is 100 Å². The average Bonchev–Trinajstić information content (AvgIpc) is 2.98. The first-order chi connectivity index (χ1) is 20.5. The zero-order valence-corrected chi connectivity index (χ0v) is 25.9. The number of amides is 1. The van der Waals surface area contributed by atoms with E-state index in [1.165, 1.54) is 21.1 Å². The van der Waals surface area contributed by atoms with Gasteiger partial charge in [-0.2, -0.15) is 16.7 Å². The second kappa shape index (κ2) is 11.2. The summed E-state index contributed by atoms with van der Waals surface area (Å²) in [5.41, 5.74) is 3.04. The largest absolute Gasteiger partial charge is 0.345 e. The number of Topliss-reactive ketones (excluding diaryl/α,β-unsaturated/α-hetero) is 1. The molecular weight excluding hydrogens is 560 g/mol. The highest BCUT2D eigenvalue weighted by Crippen LogP contribution is 2.43. The summed E-state index contributed by atoms with van der Waals surface area (Å²) in [6.07, 6.45) is 1.80. The first-order valence-electron chi connectivity index (χ1n) is 14.5. The van der Waals surface area contributed by atoms with Crippen molar-refractivity contribution < 1.29 is 9.59 Å². The minimum absolute atomic E-state index is 0.0221. The lowest BCUT2D eigenvalue weighted by atomic mass is 9.68. The number of thioether (sulfide) groups is 1. The summed E-state index contributed by atoms with van der Waals surface area (Å²) in [5.74, 6) is 0.873. The minimum atomic E-state index is -0.861. The van der Waals surface area contributed by atoms with Gasteiger partial charge in [-0.05, 0) is 41.9 Å². The fourth-order valence-electron chi connectivity index (χ4n) is 6.31. The van der Waals surface area contributed by atoms with Crippen molar-refractivity contribution in [3.63, 3.8) is 0 Å². The molecule has 2 aliphatic rings. The number of nitrogens with zero attached hydrogens (tertiary/aromatic N) is 5. The highest BCUT2D eigenvalue weighted by Gasteiger charge is 2.44. The fraction of sp³-hybridized carbons (Fsp3) is 0.364. The van der Waals surface area contributed by atoms with Crippen LogP contribution in [-0.2, 0) is 16.6 Å². The van der Waals surface area contributed by atoms with Gasteiger partial charge in [-0.1, -0.05) is 50.2 Å². The number of ketones is 1. The number of aromatic nitrogens is 3. The molecule has 3 heterocycles. The van der Waals surface area contributed by atoms with Crippen LogP contribution in [0.1, 0.15) is 52.2 Å². The Morgan fingerprint density at radius 3 is 2.56 bits per heavy atom. The van der Waals surface area contributed by atoms with Crippen molar-refractivity contribution in [2.75, 3.05) is 45.3 Å². The van der Waals surface area contributed by atoms with Crippen LogP contribution in [0.4, 0.5) is 11.6 Å². The van der Waals surface area contributed by atoms with Gasteiger partial charge in [-0.15, -0.1) is 0 Å². The van der Waals surface area contributed by atoms with E-state index in [4.69, 9.17) is 4.98 Å².